The Labute approximate surface area is 164 Å². The van der Waals surface area contributed by atoms with E-state index in [2.05, 4.69) is 42.0 Å². The molecule has 0 N–H and O–H groups in total. The quantitative estimate of drug-likeness (QED) is 0.314. The van der Waals surface area contributed by atoms with Crippen LogP contribution in [0.15, 0.2) is 30.3 Å². The summed E-state index contributed by atoms with van der Waals surface area (Å²) in [6.07, 6.45) is 10.6. The predicted molar refractivity (Wildman–Crippen MR) is 109 cm³/mol. The SMILES string of the molecule is COC(=O)CCCCCCC(C)(CCCCCC(=O)OC)c1ccccc1. The van der Waals surface area contributed by atoms with E-state index in [0.717, 1.165) is 57.8 Å². The van der Waals surface area contributed by atoms with Gasteiger partial charge >= 0.3 is 11.9 Å². The first-order chi connectivity index (χ1) is 13.0. The number of esters is 2. The highest BCUT2D eigenvalue weighted by molar-refractivity contribution is 5.69. The molecule has 0 amide bonds. The molecule has 0 saturated heterocycles. The summed E-state index contributed by atoms with van der Waals surface area (Å²) >= 11 is 0. The maximum absolute atomic E-state index is 11.2. The Morgan fingerprint density at radius 2 is 1.19 bits per heavy atom. The molecule has 0 bridgehead atoms. The van der Waals surface area contributed by atoms with Crippen molar-refractivity contribution in [3.8, 4) is 0 Å². The fraction of sp³-hybridized carbons (Fsp3) is 0.652. The van der Waals surface area contributed by atoms with Gasteiger partial charge in [-0.1, -0.05) is 69.4 Å². The largest absolute Gasteiger partial charge is 0.469 e. The number of carbonyl (C=O) groups is 2. The summed E-state index contributed by atoms with van der Waals surface area (Å²) in [7, 11) is 2.89. The van der Waals surface area contributed by atoms with Crippen molar-refractivity contribution in [2.75, 3.05) is 14.2 Å². The van der Waals surface area contributed by atoms with E-state index < -0.39 is 0 Å². The number of hydrogen-bond donors (Lipinski definition) is 0. The molecule has 0 heterocycles. The first-order valence-corrected chi connectivity index (χ1v) is 10.2. The summed E-state index contributed by atoms with van der Waals surface area (Å²) < 4.78 is 9.39. The average molecular weight is 377 g/mol. The highest BCUT2D eigenvalue weighted by Gasteiger charge is 2.25. The van der Waals surface area contributed by atoms with Crippen LogP contribution in [0.4, 0.5) is 0 Å². The minimum absolute atomic E-state index is 0.115. The highest BCUT2D eigenvalue weighted by atomic mass is 16.5. The first-order valence-electron chi connectivity index (χ1n) is 10.2. The molecule has 0 aromatic heterocycles. The molecule has 1 rings (SSSR count). The van der Waals surface area contributed by atoms with Crippen molar-refractivity contribution < 1.29 is 19.1 Å². The van der Waals surface area contributed by atoms with Gasteiger partial charge in [0.15, 0.2) is 0 Å². The molecule has 1 unspecified atom stereocenters. The number of carbonyl (C=O) groups excluding carboxylic acids is 2. The van der Waals surface area contributed by atoms with Gasteiger partial charge in [-0.25, -0.2) is 0 Å². The Bertz CT molecular complexity index is 541. The van der Waals surface area contributed by atoms with Crippen molar-refractivity contribution in [2.24, 2.45) is 0 Å². The normalized spacial score (nSPS) is 13.0. The second-order valence-corrected chi connectivity index (χ2v) is 7.55. The number of hydrogen-bond acceptors (Lipinski definition) is 4. The van der Waals surface area contributed by atoms with Crippen molar-refractivity contribution in [1.29, 1.82) is 0 Å². The van der Waals surface area contributed by atoms with Crippen LogP contribution in [-0.4, -0.2) is 26.2 Å². The Morgan fingerprint density at radius 3 is 1.67 bits per heavy atom. The lowest BCUT2D eigenvalue weighted by molar-refractivity contribution is -0.141. The number of unbranched alkanes of at least 4 members (excludes halogenated alkanes) is 5. The zero-order chi connectivity index (χ0) is 20.0. The number of methoxy groups -OCH3 is 2. The van der Waals surface area contributed by atoms with Gasteiger partial charge in [-0.2, -0.15) is 0 Å². The van der Waals surface area contributed by atoms with E-state index >= 15 is 0 Å². The lowest BCUT2D eigenvalue weighted by Crippen LogP contribution is -2.22. The van der Waals surface area contributed by atoms with Crippen molar-refractivity contribution in [3.05, 3.63) is 35.9 Å². The average Bonchev–Trinajstić information content (AvgIpc) is 2.70. The van der Waals surface area contributed by atoms with Gasteiger partial charge < -0.3 is 9.47 Å². The molecule has 1 aromatic rings. The molecule has 0 spiro atoms. The zero-order valence-corrected chi connectivity index (χ0v) is 17.3. The molecule has 152 valence electrons. The third-order valence-corrected chi connectivity index (χ3v) is 5.39. The van der Waals surface area contributed by atoms with Gasteiger partial charge in [0, 0.05) is 12.8 Å². The summed E-state index contributed by atoms with van der Waals surface area (Å²) in [5.74, 6) is -0.233. The van der Waals surface area contributed by atoms with Gasteiger partial charge in [-0.05, 0) is 36.7 Å². The monoisotopic (exact) mass is 376 g/mol. The number of benzene rings is 1. The smallest absolute Gasteiger partial charge is 0.305 e. The van der Waals surface area contributed by atoms with Crippen LogP contribution < -0.4 is 0 Å². The third kappa shape index (κ3) is 9.60. The van der Waals surface area contributed by atoms with E-state index in [4.69, 9.17) is 4.74 Å². The van der Waals surface area contributed by atoms with E-state index in [1.165, 1.54) is 19.8 Å². The zero-order valence-electron chi connectivity index (χ0n) is 17.3. The molecular formula is C23H36O4. The number of ether oxygens (including phenoxy) is 2. The third-order valence-electron chi connectivity index (χ3n) is 5.39. The van der Waals surface area contributed by atoms with Crippen LogP contribution in [0.2, 0.25) is 0 Å². The second-order valence-electron chi connectivity index (χ2n) is 7.55. The van der Waals surface area contributed by atoms with Crippen LogP contribution in [0.5, 0.6) is 0 Å². The van der Waals surface area contributed by atoms with Gasteiger partial charge in [-0.15, -0.1) is 0 Å². The Balaban J connectivity index is 2.43. The minimum atomic E-state index is -0.118. The molecule has 0 aliphatic carbocycles. The van der Waals surface area contributed by atoms with Crippen LogP contribution in [0, 0.1) is 0 Å². The molecule has 27 heavy (non-hydrogen) atoms. The second kappa shape index (κ2) is 13.3. The van der Waals surface area contributed by atoms with Gasteiger partial charge in [0.05, 0.1) is 14.2 Å². The summed E-state index contributed by atoms with van der Waals surface area (Å²) in [5.41, 5.74) is 1.56. The lowest BCUT2D eigenvalue weighted by Gasteiger charge is -2.31. The molecule has 0 aliphatic heterocycles. The molecule has 4 nitrogen and oxygen atoms in total. The maximum atomic E-state index is 11.2. The van der Waals surface area contributed by atoms with Gasteiger partial charge in [0.2, 0.25) is 0 Å². The van der Waals surface area contributed by atoms with Gasteiger partial charge in [-0.3, -0.25) is 9.59 Å². The highest BCUT2D eigenvalue weighted by Crippen LogP contribution is 2.35. The van der Waals surface area contributed by atoms with E-state index in [1.807, 2.05) is 0 Å². The molecule has 0 radical (unpaired) electrons. The van der Waals surface area contributed by atoms with E-state index in [0.29, 0.717) is 12.8 Å². The molecule has 0 aliphatic rings. The van der Waals surface area contributed by atoms with Crippen LogP contribution in [0.25, 0.3) is 0 Å². The Morgan fingerprint density at radius 1 is 0.741 bits per heavy atom. The predicted octanol–water partition coefficient (Wildman–Crippen LogP) is 5.58. The molecular weight excluding hydrogens is 340 g/mol. The van der Waals surface area contributed by atoms with Crippen molar-refractivity contribution >= 4 is 11.9 Å². The topological polar surface area (TPSA) is 52.6 Å². The first kappa shape index (κ1) is 23.2. The van der Waals surface area contributed by atoms with Gasteiger partial charge in [0.25, 0.3) is 0 Å². The summed E-state index contributed by atoms with van der Waals surface area (Å²) in [6, 6.07) is 10.7. The van der Waals surface area contributed by atoms with Crippen molar-refractivity contribution in [3.63, 3.8) is 0 Å². The van der Waals surface area contributed by atoms with Crippen LogP contribution in [0.1, 0.15) is 83.1 Å². The van der Waals surface area contributed by atoms with E-state index in [-0.39, 0.29) is 17.4 Å². The van der Waals surface area contributed by atoms with Crippen LogP contribution in [0.3, 0.4) is 0 Å². The lowest BCUT2D eigenvalue weighted by atomic mass is 9.74. The van der Waals surface area contributed by atoms with Crippen LogP contribution in [-0.2, 0) is 24.5 Å². The molecule has 0 saturated carbocycles. The van der Waals surface area contributed by atoms with E-state index in [9.17, 15) is 9.59 Å². The standard InChI is InChI=1S/C23H36O4/c1-23(20-14-8-6-9-15-20,19-13-7-11-17-22(25)27-3)18-12-5-4-10-16-21(24)26-2/h6,8-9,14-15H,4-5,7,10-13,16-19H2,1-3H3. The van der Waals surface area contributed by atoms with Gasteiger partial charge in [0.1, 0.15) is 0 Å². The van der Waals surface area contributed by atoms with Crippen molar-refractivity contribution in [2.45, 2.75) is 83.0 Å². The van der Waals surface area contributed by atoms with Crippen molar-refractivity contribution in [1.82, 2.24) is 0 Å². The molecule has 4 heteroatoms. The maximum Gasteiger partial charge on any atom is 0.305 e. The summed E-state index contributed by atoms with van der Waals surface area (Å²) in [5, 5.41) is 0. The molecule has 1 atom stereocenters. The summed E-state index contributed by atoms with van der Waals surface area (Å²) in [4.78, 5) is 22.4. The van der Waals surface area contributed by atoms with Crippen LogP contribution >= 0.6 is 0 Å². The molecule has 0 fully saturated rings. The summed E-state index contributed by atoms with van der Waals surface area (Å²) in [6.45, 7) is 2.36. The fourth-order valence-corrected chi connectivity index (χ4v) is 3.56. The fourth-order valence-electron chi connectivity index (χ4n) is 3.56. The molecule has 1 aromatic carbocycles. The Kier molecular flexibility index (Phi) is 11.5. The van der Waals surface area contributed by atoms with E-state index in [1.54, 1.807) is 0 Å². The number of rotatable bonds is 14. The Hall–Kier alpha value is -1.84. The minimum Gasteiger partial charge on any atom is -0.469 e.